The molecule has 5 nitrogen and oxygen atoms in total. The standard InChI is InChI=1S/C21H22Cl2N4O/c1-2-10-25-21(28)27(18-6-4-3-5-7-18)15-20-24-11-12-26(20)14-16-8-9-17(22)13-19(16)23/h3-9,11-13H,2,10,14-15H2,1H3,(H,25,28). The molecule has 0 unspecified atom stereocenters. The summed E-state index contributed by atoms with van der Waals surface area (Å²) in [6.45, 7) is 3.54. The lowest BCUT2D eigenvalue weighted by Crippen LogP contribution is -2.40. The van der Waals surface area contributed by atoms with Gasteiger partial charge < -0.3 is 9.88 Å². The lowest BCUT2D eigenvalue weighted by molar-refractivity contribution is 0.246. The van der Waals surface area contributed by atoms with Crippen molar-refractivity contribution in [1.82, 2.24) is 14.9 Å². The highest BCUT2D eigenvalue weighted by molar-refractivity contribution is 6.35. The predicted octanol–water partition coefficient (Wildman–Crippen LogP) is 5.36. The highest BCUT2D eigenvalue weighted by Gasteiger charge is 2.18. The number of imidazole rings is 1. The molecule has 0 radical (unpaired) electrons. The van der Waals surface area contributed by atoms with Crippen LogP contribution in [-0.4, -0.2) is 22.1 Å². The summed E-state index contributed by atoms with van der Waals surface area (Å²) in [6.07, 6.45) is 4.48. The Bertz CT molecular complexity index is 927. The lowest BCUT2D eigenvalue weighted by Gasteiger charge is -2.23. The summed E-state index contributed by atoms with van der Waals surface area (Å²) < 4.78 is 1.98. The first-order valence-corrected chi connectivity index (χ1v) is 9.88. The Morgan fingerprint density at radius 2 is 1.96 bits per heavy atom. The van der Waals surface area contributed by atoms with Crippen LogP contribution >= 0.6 is 23.2 Å². The Balaban J connectivity index is 1.83. The van der Waals surface area contributed by atoms with E-state index in [1.807, 2.05) is 60.2 Å². The average Bonchev–Trinajstić information content (AvgIpc) is 3.14. The van der Waals surface area contributed by atoms with Crippen molar-refractivity contribution in [2.45, 2.75) is 26.4 Å². The van der Waals surface area contributed by atoms with E-state index < -0.39 is 0 Å². The first-order chi connectivity index (χ1) is 13.6. The average molecular weight is 417 g/mol. The summed E-state index contributed by atoms with van der Waals surface area (Å²) in [6, 6.07) is 14.9. The molecule has 1 heterocycles. The van der Waals surface area contributed by atoms with Crippen LogP contribution in [0.4, 0.5) is 10.5 Å². The zero-order valence-corrected chi connectivity index (χ0v) is 17.1. The van der Waals surface area contributed by atoms with Crippen molar-refractivity contribution >= 4 is 34.9 Å². The summed E-state index contributed by atoms with van der Waals surface area (Å²) in [5.74, 6) is 0.765. The fourth-order valence-electron chi connectivity index (χ4n) is 2.83. The lowest BCUT2D eigenvalue weighted by atomic mass is 10.2. The topological polar surface area (TPSA) is 50.2 Å². The number of hydrogen-bond acceptors (Lipinski definition) is 2. The molecule has 0 saturated carbocycles. The van der Waals surface area contributed by atoms with Crippen LogP contribution < -0.4 is 10.2 Å². The molecule has 0 aliphatic carbocycles. The zero-order valence-electron chi connectivity index (χ0n) is 15.6. The van der Waals surface area contributed by atoms with E-state index in [4.69, 9.17) is 23.2 Å². The molecule has 7 heteroatoms. The van der Waals surface area contributed by atoms with E-state index in [0.717, 1.165) is 23.5 Å². The van der Waals surface area contributed by atoms with Crippen LogP contribution in [0, 0.1) is 0 Å². The van der Waals surface area contributed by atoms with Gasteiger partial charge in [0.25, 0.3) is 0 Å². The summed E-state index contributed by atoms with van der Waals surface area (Å²) >= 11 is 12.3. The van der Waals surface area contributed by atoms with Gasteiger partial charge in [-0.25, -0.2) is 9.78 Å². The fourth-order valence-corrected chi connectivity index (χ4v) is 3.29. The Morgan fingerprint density at radius 3 is 2.68 bits per heavy atom. The zero-order chi connectivity index (χ0) is 19.9. The third kappa shape index (κ3) is 5.06. The van der Waals surface area contributed by atoms with Gasteiger partial charge in [0, 0.05) is 34.7 Å². The number of nitrogens with zero attached hydrogens (tertiary/aromatic N) is 3. The second kappa shape index (κ2) is 9.62. The number of rotatable bonds is 7. The number of urea groups is 1. The number of anilines is 1. The highest BCUT2D eigenvalue weighted by Crippen LogP contribution is 2.23. The molecular weight excluding hydrogens is 395 g/mol. The van der Waals surface area contributed by atoms with Gasteiger partial charge in [0.15, 0.2) is 0 Å². The molecule has 0 bridgehead atoms. The number of para-hydroxylation sites is 1. The molecule has 0 fully saturated rings. The van der Waals surface area contributed by atoms with Crippen molar-refractivity contribution in [3.8, 4) is 0 Å². The summed E-state index contributed by atoms with van der Waals surface area (Å²) in [5.41, 5.74) is 1.75. The van der Waals surface area contributed by atoms with Gasteiger partial charge in [-0.3, -0.25) is 4.90 Å². The smallest absolute Gasteiger partial charge is 0.322 e. The quantitative estimate of drug-likeness (QED) is 0.562. The molecule has 0 aliphatic heterocycles. The number of aromatic nitrogens is 2. The van der Waals surface area contributed by atoms with Crippen molar-refractivity contribution < 1.29 is 4.79 Å². The van der Waals surface area contributed by atoms with E-state index in [1.54, 1.807) is 17.2 Å². The summed E-state index contributed by atoms with van der Waals surface area (Å²) in [4.78, 5) is 18.9. The van der Waals surface area contributed by atoms with Crippen LogP contribution in [0.2, 0.25) is 10.0 Å². The third-order valence-electron chi connectivity index (χ3n) is 4.30. The first kappa shape index (κ1) is 20.2. The largest absolute Gasteiger partial charge is 0.338 e. The molecule has 3 aromatic rings. The van der Waals surface area contributed by atoms with Crippen LogP contribution in [0.15, 0.2) is 60.9 Å². The van der Waals surface area contributed by atoms with Gasteiger partial charge in [0.2, 0.25) is 0 Å². The molecule has 2 aromatic carbocycles. The van der Waals surface area contributed by atoms with Crippen molar-refractivity contribution in [2.75, 3.05) is 11.4 Å². The number of nitrogens with one attached hydrogen (secondary N) is 1. The Morgan fingerprint density at radius 1 is 1.18 bits per heavy atom. The van der Waals surface area contributed by atoms with Gasteiger partial charge in [-0.05, 0) is 36.2 Å². The number of hydrogen-bond donors (Lipinski definition) is 1. The summed E-state index contributed by atoms with van der Waals surface area (Å²) in [7, 11) is 0. The molecule has 3 rings (SSSR count). The van der Waals surface area contributed by atoms with Gasteiger partial charge in [0.1, 0.15) is 5.82 Å². The van der Waals surface area contributed by atoms with E-state index in [2.05, 4.69) is 10.3 Å². The normalized spacial score (nSPS) is 10.7. The van der Waals surface area contributed by atoms with E-state index >= 15 is 0 Å². The highest BCUT2D eigenvalue weighted by atomic mass is 35.5. The number of halogens is 2. The second-order valence-corrected chi connectivity index (χ2v) is 7.20. The van der Waals surface area contributed by atoms with Crippen molar-refractivity contribution in [3.63, 3.8) is 0 Å². The molecule has 1 aromatic heterocycles. The molecule has 0 aliphatic rings. The third-order valence-corrected chi connectivity index (χ3v) is 4.88. The molecule has 0 atom stereocenters. The number of benzene rings is 2. The van der Waals surface area contributed by atoms with E-state index in [9.17, 15) is 4.79 Å². The molecule has 146 valence electrons. The maximum absolute atomic E-state index is 12.7. The van der Waals surface area contributed by atoms with Crippen LogP contribution in [0.1, 0.15) is 24.7 Å². The second-order valence-electron chi connectivity index (χ2n) is 6.36. The fraction of sp³-hybridized carbons (Fsp3) is 0.238. The van der Waals surface area contributed by atoms with Crippen molar-refractivity contribution in [3.05, 3.63) is 82.4 Å². The maximum atomic E-state index is 12.7. The van der Waals surface area contributed by atoms with Crippen LogP contribution in [0.3, 0.4) is 0 Å². The first-order valence-electron chi connectivity index (χ1n) is 9.13. The van der Waals surface area contributed by atoms with Crippen molar-refractivity contribution in [1.29, 1.82) is 0 Å². The molecule has 2 amide bonds. The monoisotopic (exact) mass is 416 g/mol. The van der Waals surface area contributed by atoms with Gasteiger partial charge in [-0.2, -0.15) is 0 Å². The Kier molecular flexibility index (Phi) is 6.95. The minimum Gasteiger partial charge on any atom is -0.338 e. The number of carbonyl (C=O) groups is 1. The van der Waals surface area contributed by atoms with E-state index in [-0.39, 0.29) is 6.03 Å². The molecule has 28 heavy (non-hydrogen) atoms. The minimum atomic E-state index is -0.146. The molecule has 1 N–H and O–H groups in total. The Hall–Kier alpha value is -2.50. The Labute approximate surface area is 174 Å². The van der Waals surface area contributed by atoms with Crippen LogP contribution in [0.5, 0.6) is 0 Å². The van der Waals surface area contributed by atoms with Crippen LogP contribution in [-0.2, 0) is 13.1 Å². The molecule has 0 saturated heterocycles. The predicted molar refractivity (Wildman–Crippen MR) is 114 cm³/mol. The number of carbonyl (C=O) groups excluding carboxylic acids is 1. The van der Waals surface area contributed by atoms with E-state index in [0.29, 0.717) is 29.7 Å². The van der Waals surface area contributed by atoms with Gasteiger partial charge in [-0.1, -0.05) is 54.4 Å². The summed E-state index contributed by atoms with van der Waals surface area (Å²) in [5, 5.41) is 4.15. The molecular formula is C21H22Cl2N4O. The number of amides is 2. The van der Waals surface area contributed by atoms with E-state index in [1.165, 1.54) is 0 Å². The van der Waals surface area contributed by atoms with Gasteiger partial charge in [-0.15, -0.1) is 0 Å². The van der Waals surface area contributed by atoms with Crippen LogP contribution in [0.25, 0.3) is 0 Å². The molecule has 0 spiro atoms. The van der Waals surface area contributed by atoms with Gasteiger partial charge >= 0.3 is 6.03 Å². The SMILES string of the molecule is CCCNC(=O)N(Cc1nccn1Cc1ccc(Cl)cc1Cl)c1ccccc1. The minimum absolute atomic E-state index is 0.146. The van der Waals surface area contributed by atoms with Gasteiger partial charge in [0.05, 0.1) is 13.1 Å². The maximum Gasteiger partial charge on any atom is 0.322 e. The van der Waals surface area contributed by atoms with Crippen molar-refractivity contribution in [2.24, 2.45) is 0 Å².